The summed E-state index contributed by atoms with van der Waals surface area (Å²) < 4.78 is 5.39. The molecule has 1 nitrogen and oxygen atoms in total. The lowest BCUT2D eigenvalue weighted by Gasteiger charge is -2.16. The van der Waals surface area contributed by atoms with Gasteiger partial charge in [-0.3, -0.25) is 0 Å². The average Bonchev–Trinajstić information content (AvgIpc) is 1.80. The number of allylic oxidation sites excluding steroid dienone is 3. The number of hydrogen-bond donors (Lipinski definition) is 0. The average molecular weight is 124 g/mol. The van der Waals surface area contributed by atoms with Crippen LogP contribution in [0.3, 0.4) is 0 Å². The minimum absolute atomic E-state index is 0.258. The van der Waals surface area contributed by atoms with Crippen molar-refractivity contribution in [3.63, 3.8) is 0 Å². The van der Waals surface area contributed by atoms with E-state index in [0.717, 1.165) is 5.76 Å². The summed E-state index contributed by atoms with van der Waals surface area (Å²) in [6.45, 7) is 6.08. The van der Waals surface area contributed by atoms with Crippen molar-refractivity contribution in [3.8, 4) is 0 Å². The molecule has 9 heavy (non-hydrogen) atoms. The summed E-state index contributed by atoms with van der Waals surface area (Å²) in [4.78, 5) is 0. The summed E-state index contributed by atoms with van der Waals surface area (Å²) in [6.07, 6.45) is 4.42. The van der Waals surface area contributed by atoms with Crippen molar-refractivity contribution < 1.29 is 4.74 Å². The van der Waals surface area contributed by atoms with Crippen LogP contribution in [-0.2, 0) is 4.74 Å². The minimum atomic E-state index is 0.258. The number of rotatable bonds is 0. The van der Waals surface area contributed by atoms with E-state index in [2.05, 4.69) is 19.1 Å². The van der Waals surface area contributed by atoms with Crippen LogP contribution in [-0.4, -0.2) is 6.10 Å². The fourth-order valence-corrected chi connectivity index (χ4v) is 0.808. The summed E-state index contributed by atoms with van der Waals surface area (Å²) in [5.41, 5.74) is 1.23. The molecule has 1 heterocycles. The molecule has 1 atom stereocenters. The van der Waals surface area contributed by atoms with Gasteiger partial charge >= 0.3 is 0 Å². The highest BCUT2D eigenvalue weighted by Crippen LogP contribution is 2.15. The Morgan fingerprint density at radius 1 is 1.44 bits per heavy atom. The zero-order valence-corrected chi connectivity index (χ0v) is 6.14. The molecule has 1 rings (SSSR count). The molecule has 1 aliphatic rings. The van der Waals surface area contributed by atoms with E-state index in [0.29, 0.717) is 0 Å². The SMILES string of the molecule is CC1=C(C)O[C@H](C)C=C1. The molecule has 0 aromatic carbocycles. The molecule has 0 saturated heterocycles. The molecular weight excluding hydrogens is 112 g/mol. The van der Waals surface area contributed by atoms with E-state index < -0.39 is 0 Å². The minimum Gasteiger partial charge on any atom is -0.491 e. The summed E-state index contributed by atoms with van der Waals surface area (Å²) in [6, 6.07) is 0. The highest BCUT2D eigenvalue weighted by molar-refractivity contribution is 5.23. The van der Waals surface area contributed by atoms with Crippen molar-refractivity contribution >= 4 is 0 Å². The van der Waals surface area contributed by atoms with Crippen molar-refractivity contribution in [1.82, 2.24) is 0 Å². The van der Waals surface area contributed by atoms with Gasteiger partial charge in [-0.15, -0.1) is 0 Å². The third-order valence-corrected chi connectivity index (χ3v) is 1.54. The van der Waals surface area contributed by atoms with Crippen LogP contribution in [0.15, 0.2) is 23.5 Å². The molecule has 0 spiro atoms. The molecule has 1 heteroatoms. The third kappa shape index (κ3) is 1.35. The molecule has 0 aromatic rings. The van der Waals surface area contributed by atoms with Crippen molar-refractivity contribution in [2.75, 3.05) is 0 Å². The van der Waals surface area contributed by atoms with Gasteiger partial charge in [0.15, 0.2) is 0 Å². The number of hydrogen-bond acceptors (Lipinski definition) is 1. The first-order valence-corrected chi connectivity index (χ1v) is 3.22. The molecule has 0 bridgehead atoms. The first kappa shape index (κ1) is 6.40. The molecule has 0 amide bonds. The highest BCUT2D eigenvalue weighted by Gasteiger charge is 2.04. The van der Waals surface area contributed by atoms with E-state index in [1.807, 2.05) is 13.8 Å². The molecule has 0 saturated carbocycles. The van der Waals surface area contributed by atoms with E-state index >= 15 is 0 Å². The Morgan fingerprint density at radius 2 is 2.11 bits per heavy atom. The van der Waals surface area contributed by atoms with E-state index in [-0.39, 0.29) is 6.10 Å². The third-order valence-electron chi connectivity index (χ3n) is 1.54. The standard InChI is InChI=1S/C8H12O/c1-6-4-5-7(2)9-8(6)3/h4-5,7H,1-3H3/t7-/m1/s1. The highest BCUT2D eigenvalue weighted by atomic mass is 16.5. The van der Waals surface area contributed by atoms with Crippen LogP contribution in [0.25, 0.3) is 0 Å². The Hall–Kier alpha value is -0.720. The van der Waals surface area contributed by atoms with Crippen LogP contribution < -0.4 is 0 Å². The monoisotopic (exact) mass is 124 g/mol. The molecular formula is C8H12O. The quantitative estimate of drug-likeness (QED) is 0.481. The van der Waals surface area contributed by atoms with Crippen LogP contribution in [0.4, 0.5) is 0 Å². The van der Waals surface area contributed by atoms with Gasteiger partial charge in [0.25, 0.3) is 0 Å². The van der Waals surface area contributed by atoms with Gasteiger partial charge in [-0.2, -0.15) is 0 Å². The Kier molecular flexibility index (Phi) is 1.60. The Labute approximate surface area is 56.0 Å². The molecule has 0 fully saturated rings. The Bertz CT molecular complexity index is 165. The molecule has 0 N–H and O–H groups in total. The molecule has 50 valence electrons. The molecule has 0 aliphatic carbocycles. The van der Waals surface area contributed by atoms with Crippen LogP contribution >= 0.6 is 0 Å². The van der Waals surface area contributed by atoms with Gasteiger partial charge in [0.1, 0.15) is 6.10 Å². The second-order valence-corrected chi connectivity index (χ2v) is 2.42. The first-order chi connectivity index (χ1) is 4.20. The summed E-state index contributed by atoms with van der Waals surface area (Å²) >= 11 is 0. The van der Waals surface area contributed by atoms with Gasteiger partial charge in [-0.1, -0.05) is 6.08 Å². The van der Waals surface area contributed by atoms with Crippen LogP contribution in [0.5, 0.6) is 0 Å². The van der Waals surface area contributed by atoms with Crippen molar-refractivity contribution in [2.45, 2.75) is 26.9 Å². The fraction of sp³-hybridized carbons (Fsp3) is 0.500. The zero-order chi connectivity index (χ0) is 6.85. The second-order valence-electron chi connectivity index (χ2n) is 2.42. The lowest BCUT2D eigenvalue weighted by molar-refractivity contribution is 0.165. The largest absolute Gasteiger partial charge is 0.491 e. The summed E-state index contributed by atoms with van der Waals surface area (Å²) in [5.74, 6) is 1.05. The molecule has 1 aliphatic heterocycles. The van der Waals surface area contributed by atoms with Gasteiger partial charge in [-0.05, 0) is 32.4 Å². The maximum Gasteiger partial charge on any atom is 0.114 e. The van der Waals surface area contributed by atoms with E-state index in [1.165, 1.54) is 5.57 Å². The van der Waals surface area contributed by atoms with Gasteiger partial charge in [0.2, 0.25) is 0 Å². The van der Waals surface area contributed by atoms with Crippen LogP contribution in [0.2, 0.25) is 0 Å². The Balaban J connectivity index is 2.75. The smallest absolute Gasteiger partial charge is 0.114 e. The van der Waals surface area contributed by atoms with Gasteiger partial charge in [0.05, 0.1) is 5.76 Å². The lowest BCUT2D eigenvalue weighted by Crippen LogP contribution is -2.07. The number of ether oxygens (including phenoxy) is 1. The topological polar surface area (TPSA) is 9.23 Å². The van der Waals surface area contributed by atoms with E-state index in [1.54, 1.807) is 0 Å². The maximum atomic E-state index is 5.39. The van der Waals surface area contributed by atoms with Gasteiger partial charge in [-0.25, -0.2) is 0 Å². The fourth-order valence-electron chi connectivity index (χ4n) is 0.808. The van der Waals surface area contributed by atoms with E-state index in [4.69, 9.17) is 4.74 Å². The predicted octanol–water partition coefficient (Wildman–Crippen LogP) is 2.26. The summed E-state index contributed by atoms with van der Waals surface area (Å²) in [7, 11) is 0. The maximum absolute atomic E-state index is 5.39. The van der Waals surface area contributed by atoms with Crippen molar-refractivity contribution in [2.24, 2.45) is 0 Å². The first-order valence-electron chi connectivity index (χ1n) is 3.22. The summed E-state index contributed by atoms with van der Waals surface area (Å²) in [5, 5.41) is 0. The second kappa shape index (κ2) is 2.26. The van der Waals surface area contributed by atoms with E-state index in [9.17, 15) is 0 Å². The predicted molar refractivity (Wildman–Crippen MR) is 38.1 cm³/mol. The lowest BCUT2D eigenvalue weighted by atomic mass is 10.2. The van der Waals surface area contributed by atoms with Crippen molar-refractivity contribution in [1.29, 1.82) is 0 Å². The van der Waals surface area contributed by atoms with Gasteiger partial charge in [0, 0.05) is 0 Å². The molecule has 0 radical (unpaired) electrons. The Morgan fingerprint density at radius 3 is 2.56 bits per heavy atom. The zero-order valence-electron chi connectivity index (χ0n) is 6.14. The molecule has 0 unspecified atom stereocenters. The van der Waals surface area contributed by atoms with Crippen molar-refractivity contribution in [3.05, 3.63) is 23.5 Å². The van der Waals surface area contributed by atoms with Gasteiger partial charge < -0.3 is 4.74 Å². The molecule has 0 aromatic heterocycles. The normalized spacial score (nSPS) is 26.3. The van der Waals surface area contributed by atoms with Crippen LogP contribution in [0, 0.1) is 0 Å². The van der Waals surface area contributed by atoms with Crippen LogP contribution in [0.1, 0.15) is 20.8 Å².